The normalized spacial score (nSPS) is 5.14. The van der Waals surface area contributed by atoms with Crippen LogP contribution in [0.25, 0.3) is 0 Å². The van der Waals surface area contributed by atoms with E-state index in [9.17, 15) is 0 Å². The van der Waals surface area contributed by atoms with Gasteiger partial charge in [0.1, 0.15) is 0 Å². The van der Waals surface area contributed by atoms with Crippen molar-refractivity contribution in [1.29, 1.82) is 0 Å². The van der Waals surface area contributed by atoms with Gasteiger partial charge in [-0.2, -0.15) is 0 Å². The van der Waals surface area contributed by atoms with Crippen LogP contribution in [-0.4, -0.2) is 0 Å². The van der Waals surface area contributed by atoms with Gasteiger partial charge in [-0.3, -0.25) is 0 Å². The van der Waals surface area contributed by atoms with Gasteiger partial charge in [-0.25, -0.2) is 0 Å². The van der Waals surface area contributed by atoms with Gasteiger partial charge in [-0.15, -0.1) is 0 Å². The summed E-state index contributed by atoms with van der Waals surface area (Å²) in [7, 11) is 8.68. The third-order valence-electron chi connectivity index (χ3n) is 0. The molecule has 0 bridgehead atoms. The van der Waals surface area contributed by atoms with Gasteiger partial charge in [0.15, 0.2) is 0 Å². The molecule has 0 atom stereocenters. The quantitative estimate of drug-likeness (QED) is 0.575. The first kappa shape index (κ1) is 11.1. The first-order chi connectivity index (χ1) is 3.15. The molecule has 0 radical (unpaired) electrons. The maximum atomic E-state index is 8.61. The summed E-state index contributed by atoms with van der Waals surface area (Å²) >= 11 is -4.64. The first-order valence-electron chi connectivity index (χ1n) is 0.833. The Bertz CT molecular complexity index is 140. The van der Waals surface area contributed by atoms with E-state index in [2.05, 4.69) is 19.6 Å². The number of hydrogen-bond donors (Lipinski definition) is 0. The van der Waals surface area contributed by atoms with Crippen LogP contribution in [-0.2, 0) is 42.3 Å². The Labute approximate surface area is 61.4 Å². The number of hydrogen-bond acceptors (Lipinski definition) is 5. The molecule has 0 fully saturated rings. The predicted molar refractivity (Wildman–Crippen MR) is 17.2 cm³/mol. The fourth-order valence-corrected chi connectivity index (χ4v) is 0. The Balaban J connectivity index is 0. The van der Waals surface area contributed by atoms with Gasteiger partial charge in [-0.1, -0.05) is 0 Å². The zero-order valence-corrected chi connectivity index (χ0v) is 9.43. The van der Waals surface area contributed by atoms with Crippen LogP contribution >= 0.6 is 19.6 Å². The predicted octanol–water partition coefficient (Wildman–Crippen LogP) is 0.935. The molecule has 42 valence electrons. The van der Waals surface area contributed by atoms with Crippen molar-refractivity contribution in [2.45, 2.75) is 0 Å². The minimum absolute atomic E-state index is 0.363. The van der Waals surface area contributed by atoms with Crippen molar-refractivity contribution in [3.63, 3.8) is 0 Å². The molecular formula is MoO3S2W. The van der Waals surface area contributed by atoms with Gasteiger partial charge in [0, 0.05) is 0 Å². The Hall–Kier alpha value is 1.22. The monoisotopic (exact) mass is 394 g/mol. The van der Waals surface area contributed by atoms with Crippen LogP contribution in [0.5, 0.6) is 0 Å². The average molecular weight is 392 g/mol. The zero-order valence-electron chi connectivity index (χ0n) is 2.86. The van der Waals surface area contributed by atoms with Crippen molar-refractivity contribution in [3.05, 3.63) is 0 Å². The van der Waals surface area contributed by atoms with Gasteiger partial charge in [0.25, 0.3) is 0 Å². The SMILES string of the molecule is [O]=[W](=[O])=[O].[S]=[Mo]=[S]. The molecule has 0 heterocycles. The van der Waals surface area contributed by atoms with E-state index >= 15 is 0 Å². The van der Waals surface area contributed by atoms with Gasteiger partial charge in [0.05, 0.1) is 0 Å². The van der Waals surface area contributed by atoms with Gasteiger partial charge in [0.2, 0.25) is 0 Å². The first-order valence-corrected chi connectivity index (χ1v) is 10.0. The van der Waals surface area contributed by atoms with Crippen molar-refractivity contribution >= 4 is 19.6 Å². The molecule has 0 N–H and O–H groups in total. The molecule has 0 saturated heterocycles. The summed E-state index contributed by atoms with van der Waals surface area (Å²) in [5, 5.41) is 0. The van der Waals surface area contributed by atoms with Crippen LogP contribution in [0.4, 0.5) is 0 Å². The molecule has 0 spiro atoms. The molecule has 0 aromatic rings. The Morgan fingerprint density at radius 1 is 1.14 bits per heavy atom. The second-order valence-electron chi connectivity index (χ2n) is 0.272. The van der Waals surface area contributed by atoms with Gasteiger partial charge in [-0.05, 0) is 0 Å². The molecule has 0 aliphatic rings. The molecule has 7 heteroatoms. The zero-order chi connectivity index (χ0) is 6.28. The van der Waals surface area contributed by atoms with Crippen LogP contribution in [0.15, 0.2) is 0 Å². The molecule has 0 amide bonds. The van der Waals surface area contributed by atoms with E-state index in [0.717, 1.165) is 0 Å². The van der Waals surface area contributed by atoms with E-state index in [-0.39, 0.29) is 14.9 Å². The second-order valence-corrected chi connectivity index (χ2v) is 5.29. The fraction of sp³-hybridized carbons (Fsp3) is 0. The number of rotatable bonds is 0. The molecule has 7 heavy (non-hydrogen) atoms. The fourth-order valence-electron chi connectivity index (χ4n) is 0. The van der Waals surface area contributed by atoms with Crippen molar-refractivity contribution in [3.8, 4) is 0 Å². The molecule has 0 aliphatic carbocycles. The van der Waals surface area contributed by atoms with E-state index in [1.807, 2.05) is 0 Å². The Morgan fingerprint density at radius 2 is 1.14 bits per heavy atom. The molecule has 3 nitrogen and oxygen atoms in total. The Kier molecular flexibility index (Phi) is 16.2. The van der Waals surface area contributed by atoms with E-state index in [0.29, 0.717) is 0 Å². The van der Waals surface area contributed by atoms with Crippen LogP contribution in [0.2, 0.25) is 0 Å². The molecule has 0 aromatic carbocycles. The standard InChI is InChI=1S/Mo.3O.2S.W. The summed E-state index contributed by atoms with van der Waals surface area (Å²) in [5.74, 6) is 0. The van der Waals surface area contributed by atoms with E-state index in [4.69, 9.17) is 10.2 Å². The minimum atomic E-state index is -4.28. The van der Waals surface area contributed by atoms with Crippen molar-refractivity contribution in [1.82, 2.24) is 0 Å². The van der Waals surface area contributed by atoms with Gasteiger partial charge < -0.3 is 0 Å². The summed E-state index contributed by atoms with van der Waals surface area (Å²) in [6.07, 6.45) is 0. The third-order valence-corrected chi connectivity index (χ3v) is 0. The molecule has 0 aromatic heterocycles. The molecular weight excluding hydrogens is 392 g/mol. The van der Waals surface area contributed by atoms with Crippen LogP contribution in [0.1, 0.15) is 0 Å². The topological polar surface area (TPSA) is 51.2 Å². The molecule has 0 rings (SSSR count). The van der Waals surface area contributed by atoms with Crippen molar-refractivity contribution in [2.24, 2.45) is 0 Å². The van der Waals surface area contributed by atoms with Gasteiger partial charge >= 0.3 is 62.0 Å². The van der Waals surface area contributed by atoms with E-state index < -0.39 is 17.2 Å². The van der Waals surface area contributed by atoms with Crippen molar-refractivity contribution in [2.75, 3.05) is 0 Å². The van der Waals surface area contributed by atoms with Crippen LogP contribution < -0.4 is 0 Å². The maximum absolute atomic E-state index is 8.61. The summed E-state index contributed by atoms with van der Waals surface area (Å²) in [6.45, 7) is 0. The van der Waals surface area contributed by atoms with Crippen LogP contribution in [0, 0.1) is 0 Å². The summed E-state index contributed by atoms with van der Waals surface area (Å²) < 4.78 is 25.8. The Morgan fingerprint density at radius 3 is 1.14 bits per heavy atom. The third kappa shape index (κ3) is 133. The molecule has 0 saturated carbocycles. The van der Waals surface area contributed by atoms with E-state index in [1.54, 1.807) is 0 Å². The van der Waals surface area contributed by atoms with Crippen molar-refractivity contribution < 1.29 is 42.3 Å². The summed E-state index contributed by atoms with van der Waals surface area (Å²) in [6, 6.07) is 0. The second kappa shape index (κ2) is 10.2. The average Bonchev–Trinajstić information content (AvgIpc) is 1.33. The molecule has 0 unspecified atom stereocenters. The summed E-state index contributed by atoms with van der Waals surface area (Å²) in [5.41, 5.74) is 0. The van der Waals surface area contributed by atoms with E-state index in [1.165, 1.54) is 0 Å². The van der Waals surface area contributed by atoms with Crippen LogP contribution in [0.3, 0.4) is 0 Å². The summed E-state index contributed by atoms with van der Waals surface area (Å²) in [4.78, 5) is 0. The molecule has 0 aliphatic heterocycles.